The lowest BCUT2D eigenvalue weighted by molar-refractivity contribution is -0.116. The number of rotatable bonds is 3. The predicted molar refractivity (Wildman–Crippen MR) is 85.8 cm³/mol. The smallest absolute Gasteiger partial charge is 0.246 e. The van der Waals surface area contributed by atoms with Crippen molar-refractivity contribution in [3.63, 3.8) is 0 Å². The van der Waals surface area contributed by atoms with Crippen molar-refractivity contribution in [3.8, 4) is 0 Å². The van der Waals surface area contributed by atoms with Crippen LogP contribution in [0, 0.1) is 6.92 Å². The first-order valence-electron chi connectivity index (χ1n) is 6.95. The summed E-state index contributed by atoms with van der Waals surface area (Å²) in [6.07, 6.45) is 1.24. The Labute approximate surface area is 127 Å². The van der Waals surface area contributed by atoms with Gasteiger partial charge in [0, 0.05) is 11.1 Å². The summed E-state index contributed by atoms with van der Waals surface area (Å²) in [6, 6.07) is 14.7. The molecule has 1 aromatic heterocycles. The van der Waals surface area contributed by atoms with E-state index in [0.717, 1.165) is 11.3 Å². The number of carbonyl (C=O) groups excluding carboxylic acids is 1. The van der Waals surface area contributed by atoms with E-state index in [4.69, 9.17) is 0 Å². The van der Waals surface area contributed by atoms with E-state index in [1.54, 1.807) is 18.2 Å². The van der Waals surface area contributed by atoms with Gasteiger partial charge in [0.05, 0.1) is 11.7 Å². The lowest BCUT2D eigenvalue weighted by atomic mass is 10.2. The van der Waals surface area contributed by atoms with Crippen LogP contribution in [0.3, 0.4) is 0 Å². The number of hydrogen-bond donors (Lipinski definition) is 1. The first kappa shape index (κ1) is 14.0. The number of benzene rings is 2. The van der Waals surface area contributed by atoms with Crippen LogP contribution >= 0.6 is 0 Å². The molecule has 5 heteroatoms. The van der Waals surface area contributed by atoms with Crippen LogP contribution in [0.5, 0.6) is 0 Å². The Morgan fingerprint density at radius 2 is 1.86 bits per heavy atom. The summed E-state index contributed by atoms with van der Waals surface area (Å²) in [7, 11) is 0. The summed E-state index contributed by atoms with van der Waals surface area (Å²) in [5.74, 6) is -0.185. The molecule has 0 aliphatic rings. The number of carbonyl (C=O) groups is 1. The molecule has 5 nitrogen and oxygen atoms in total. The summed E-state index contributed by atoms with van der Waals surface area (Å²) >= 11 is 0. The van der Waals surface area contributed by atoms with Gasteiger partial charge in [-0.15, -0.1) is 0 Å². The predicted octanol–water partition coefficient (Wildman–Crippen LogP) is 2.34. The number of fused-ring (bicyclic) bond motifs is 1. The van der Waals surface area contributed by atoms with E-state index in [1.807, 2.05) is 37.3 Å². The van der Waals surface area contributed by atoms with E-state index < -0.39 is 0 Å². The first-order valence-corrected chi connectivity index (χ1v) is 6.95. The minimum Gasteiger partial charge on any atom is -0.324 e. The maximum Gasteiger partial charge on any atom is 0.246 e. The van der Waals surface area contributed by atoms with Gasteiger partial charge < -0.3 is 5.32 Å². The fraction of sp³-hybridized carbons (Fsp3) is 0.118. The van der Waals surface area contributed by atoms with Gasteiger partial charge >= 0.3 is 0 Å². The third-order valence-corrected chi connectivity index (χ3v) is 3.47. The van der Waals surface area contributed by atoms with Gasteiger partial charge in [-0.3, -0.25) is 14.3 Å². The maximum atomic E-state index is 12.2. The fourth-order valence-corrected chi connectivity index (χ4v) is 2.33. The van der Waals surface area contributed by atoms with Crippen LogP contribution in [0.4, 0.5) is 5.69 Å². The van der Waals surface area contributed by atoms with Crippen molar-refractivity contribution < 1.29 is 4.79 Å². The number of aromatic nitrogens is 2. The van der Waals surface area contributed by atoms with Crippen LogP contribution in [-0.4, -0.2) is 15.7 Å². The highest BCUT2D eigenvalue weighted by molar-refractivity contribution is 5.92. The third kappa shape index (κ3) is 2.74. The quantitative estimate of drug-likeness (QED) is 0.806. The number of nitrogens with one attached hydrogen (secondary N) is 1. The van der Waals surface area contributed by atoms with Crippen LogP contribution in [0.15, 0.2) is 59.5 Å². The summed E-state index contributed by atoms with van der Waals surface area (Å²) in [4.78, 5) is 24.0. The van der Waals surface area contributed by atoms with Crippen molar-refractivity contribution in [1.82, 2.24) is 9.78 Å². The molecular formula is C17H15N3O2. The second-order valence-corrected chi connectivity index (χ2v) is 5.05. The Hall–Kier alpha value is -2.95. The molecular weight excluding hydrogens is 278 g/mol. The molecule has 1 N–H and O–H groups in total. The Morgan fingerprint density at radius 3 is 2.68 bits per heavy atom. The van der Waals surface area contributed by atoms with Gasteiger partial charge in [0.15, 0.2) is 0 Å². The second-order valence-electron chi connectivity index (χ2n) is 5.05. The molecule has 3 aromatic rings. The summed E-state index contributed by atoms with van der Waals surface area (Å²) in [6.45, 7) is 1.98. The minimum absolute atomic E-state index is 0.0507. The number of anilines is 1. The Balaban J connectivity index is 1.88. The molecule has 0 saturated carbocycles. The monoisotopic (exact) mass is 293 g/mol. The van der Waals surface area contributed by atoms with E-state index in [9.17, 15) is 9.59 Å². The number of hydrogen-bond acceptors (Lipinski definition) is 3. The Morgan fingerprint density at radius 1 is 1.14 bits per heavy atom. The molecule has 0 atom stereocenters. The normalized spacial score (nSPS) is 10.6. The van der Waals surface area contributed by atoms with Gasteiger partial charge in [-0.25, -0.2) is 0 Å². The van der Waals surface area contributed by atoms with Crippen molar-refractivity contribution in [3.05, 3.63) is 70.5 Å². The fourth-order valence-electron chi connectivity index (χ4n) is 2.33. The van der Waals surface area contributed by atoms with Crippen LogP contribution in [0.2, 0.25) is 0 Å². The number of para-hydroxylation sites is 2. The second kappa shape index (κ2) is 5.81. The van der Waals surface area contributed by atoms with Gasteiger partial charge in [-0.2, -0.15) is 5.10 Å². The molecule has 0 aliphatic carbocycles. The molecule has 110 valence electrons. The topological polar surface area (TPSA) is 64.0 Å². The Kier molecular flexibility index (Phi) is 3.70. The number of nitrogens with zero attached hydrogens (tertiary/aromatic N) is 2. The molecule has 0 radical (unpaired) electrons. The zero-order valence-corrected chi connectivity index (χ0v) is 12.1. The van der Waals surface area contributed by atoms with Crippen molar-refractivity contribution in [2.75, 3.05) is 5.32 Å². The van der Waals surface area contributed by atoms with Crippen LogP contribution in [0.25, 0.3) is 10.9 Å². The van der Waals surface area contributed by atoms with Crippen LogP contribution in [-0.2, 0) is 11.3 Å². The lowest BCUT2D eigenvalue weighted by Gasteiger charge is -2.11. The molecule has 0 unspecified atom stereocenters. The molecule has 3 rings (SSSR count). The molecule has 0 spiro atoms. The average molecular weight is 293 g/mol. The van der Waals surface area contributed by atoms with Gasteiger partial charge in [0.25, 0.3) is 0 Å². The van der Waals surface area contributed by atoms with E-state index in [1.165, 1.54) is 10.9 Å². The molecule has 1 amide bonds. The summed E-state index contributed by atoms with van der Waals surface area (Å²) in [5, 5.41) is 7.47. The van der Waals surface area contributed by atoms with Gasteiger partial charge in [0.1, 0.15) is 6.54 Å². The van der Waals surface area contributed by atoms with Crippen molar-refractivity contribution in [1.29, 1.82) is 0 Å². The van der Waals surface area contributed by atoms with Gasteiger partial charge in [0.2, 0.25) is 11.3 Å². The zero-order valence-electron chi connectivity index (χ0n) is 12.1. The third-order valence-electron chi connectivity index (χ3n) is 3.47. The van der Waals surface area contributed by atoms with E-state index in [2.05, 4.69) is 10.4 Å². The number of aryl methyl sites for hydroxylation is 1. The molecule has 22 heavy (non-hydrogen) atoms. The van der Waals surface area contributed by atoms with E-state index in [-0.39, 0.29) is 17.9 Å². The summed E-state index contributed by atoms with van der Waals surface area (Å²) < 4.78 is 1.53. The molecule has 2 aromatic carbocycles. The zero-order chi connectivity index (χ0) is 15.5. The van der Waals surface area contributed by atoms with Crippen LogP contribution < -0.4 is 10.7 Å². The standard InChI is InChI=1S/C17H15N3O2/c1-12-6-2-4-8-14(12)19-17(22)11-20-15-9-5-3-7-13(15)16(21)10-18-20/h2-10H,11H2,1H3,(H,19,22). The molecule has 0 saturated heterocycles. The lowest BCUT2D eigenvalue weighted by Crippen LogP contribution is -2.22. The van der Waals surface area contributed by atoms with Crippen molar-refractivity contribution in [2.24, 2.45) is 0 Å². The number of amides is 1. The highest BCUT2D eigenvalue weighted by atomic mass is 16.2. The minimum atomic E-state index is -0.185. The average Bonchev–Trinajstić information content (AvgIpc) is 2.53. The maximum absolute atomic E-state index is 12.2. The Bertz CT molecular complexity index is 900. The highest BCUT2D eigenvalue weighted by Crippen LogP contribution is 2.13. The van der Waals surface area contributed by atoms with E-state index >= 15 is 0 Å². The highest BCUT2D eigenvalue weighted by Gasteiger charge is 2.09. The molecule has 0 bridgehead atoms. The van der Waals surface area contributed by atoms with Crippen molar-refractivity contribution in [2.45, 2.75) is 13.5 Å². The van der Waals surface area contributed by atoms with Gasteiger partial charge in [-0.1, -0.05) is 30.3 Å². The molecule has 0 aliphatic heterocycles. The molecule has 1 heterocycles. The van der Waals surface area contributed by atoms with Crippen molar-refractivity contribution >= 4 is 22.5 Å². The van der Waals surface area contributed by atoms with Crippen LogP contribution in [0.1, 0.15) is 5.56 Å². The summed E-state index contributed by atoms with van der Waals surface area (Å²) in [5.41, 5.74) is 2.27. The van der Waals surface area contributed by atoms with Gasteiger partial charge in [-0.05, 0) is 30.7 Å². The molecule has 0 fully saturated rings. The van der Waals surface area contributed by atoms with E-state index in [0.29, 0.717) is 10.9 Å². The SMILES string of the molecule is Cc1ccccc1NC(=O)Cn1ncc(=O)c2ccccc21. The largest absolute Gasteiger partial charge is 0.324 e. The first-order chi connectivity index (χ1) is 10.6.